The van der Waals surface area contributed by atoms with Crippen LogP contribution < -0.4 is 16.2 Å². The molecule has 21 heavy (non-hydrogen) atoms. The molecule has 1 amide bonds. The summed E-state index contributed by atoms with van der Waals surface area (Å²) in [4.78, 5) is 14.4. The smallest absolute Gasteiger partial charge is 0.256 e. The standard InChI is InChI=1S/C16H24ClN3O/c1-5-13(15(21)19-18)20-14-7-6-11(17)8-12(14)10(2)9-16(20,3)4/h6-8,10,13H,5,9,18H2,1-4H3,(H,19,21). The molecule has 0 aromatic heterocycles. The molecule has 3 N–H and O–H groups in total. The van der Waals surface area contributed by atoms with Crippen molar-refractivity contribution >= 4 is 23.2 Å². The fourth-order valence-corrected chi connectivity index (χ4v) is 3.77. The van der Waals surface area contributed by atoms with E-state index in [9.17, 15) is 4.79 Å². The highest BCUT2D eigenvalue weighted by Gasteiger charge is 2.41. The molecule has 0 spiro atoms. The van der Waals surface area contributed by atoms with Crippen LogP contribution in [0, 0.1) is 0 Å². The van der Waals surface area contributed by atoms with Gasteiger partial charge in [-0.15, -0.1) is 0 Å². The Morgan fingerprint density at radius 2 is 2.24 bits per heavy atom. The Bertz CT molecular complexity index is 544. The van der Waals surface area contributed by atoms with Crippen molar-refractivity contribution < 1.29 is 4.79 Å². The molecule has 0 bridgehead atoms. The summed E-state index contributed by atoms with van der Waals surface area (Å²) in [6, 6.07) is 5.63. The molecule has 1 aromatic carbocycles. The Balaban J connectivity index is 2.57. The summed E-state index contributed by atoms with van der Waals surface area (Å²) in [6.07, 6.45) is 1.66. The third-order valence-corrected chi connectivity index (χ3v) is 4.62. The lowest BCUT2D eigenvalue weighted by Gasteiger charge is -2.50. The molecule has 0 radical (unpaired) electrons. The van der Waals surface area contributed by atoms with Crippen molar-refractivity contribution in [2.24, 2.45) is 5.84 Å². The fraction of sp³-hybridized carbons (Fsp3) is 0.562. The number of carbonyl (C=O) groups is 1. The van der Waals surface area contributed by atoms with Crippen LogP contribution in [-0.2, 0) is 4.79 Å². The molecule has 1 aliphatic heterocycles. The number of hydrogen-bond donors (Lipinski definition) is 2. The average Bonchev–Trinajstić information content (AvgIpc) is 2.42. The second kappa shape index (κ2) is 5.85. The Hall–Kier alpha value is -1.26. The van der Waals surface area contributed by atoms with E-state index < -0.39 is 0 Å². The predicted molar refractivity (Wildman–Crippen MR) is 87.5 cm³/mol. The summed E-state index contributed by atoms with van der Waals surface area (Å²) in [6.45, 7) is 8.56. The number of rotatable bonds is 3. The van der Waals surface area contributed by atoms with Crippen LogP contribution in [0.5, 0.6) is 0 Å². The van der Waals surface area contributed by atoms with E-state index in [2.05, 4.69) is 31.1 Å². The van der Waals surface area contributed by atoms with Gasteiger partial charge in [-0.25, -0.2) is 5.84 Å². The van der Waals surface area contributed by atoms with Gasteiger partial charge in [-0.2, -0.15) is 0 Å². The molecule has 116 valence electrons. The topological polar surface area (TPSA) is 58.4 Å². The van der Waals surface area contributed by atoms with Gasteiger partial charge in [-0.1, -0.05) is 25.4 Å². The summed E-state index contributed by atoms with van der Waals surface area (Å²) in [5.41, 5.74) is 4.46. The van der Waals surface area contributed by atoms with Gasteiger partial charge in [-0.3, -0.25) is 10.2 Å². The van der Waals surface area contributed by atoms with Crippen molar-refractivity contribution in [2.75, 3.05) is 4.90 Å². The first-order chi connectivity index (χ1) is 9.81. The number of carbonyl (C=O) groups excluding carboxylic acids is 1. The third kappa shape index (κ3) is 2.87. The molecular formula is C16H24ClN3O. The molecule has 2 atom stereocenters. The number of amides is 1. The van der Waals surface area contributed by atoms with Gasteiger partial charge in [0, 0.05) is 16.2 Å². The zero-order valence-corrected chi connectivity index (χ0v) is 13.9. The maximum atomic E-state index is 12.2. The molecule has 5 heteroatoms. The average molecular weight is 310 g/mol. The molecule has 2 rings (SSSR count). The highest BCUT2D eigenvalue weighted by Crippen LogP contribution is 2.45. The maximum Gasteiger partial charge on any atom is 0.256 e. The summed E-state index contributed by atoms with van der Waals surface area (Å²) in [5.74, 6) is 5.62. The van der Waals surface area contributed by atoms with Crippen LogP contribution in [0.1, 0.15) is 52.0 Å². The predicted octanol–water partition coefficient (Wildman–Crippen LogP) is 3.20. The Morgan fingerprint density at radius 3 is 2.81 bits per heavy atom. The number of hydrogen-bond acceptors (Lipinski definition) is 3. The van der Waals surface area contributed by atoms with Crippen LogP contribution in [-0.4, -0.2) is 17.5 Å². The van der Waals surface area contributed by atoms with Gasteiger partial charge in [0.2, 0.25) is 0 Å². The summed E-state index contributed by atoms with van der Waals surface area (Å²) >= 11 is 6.15. The molecule has 0 saturated heterocycles. The first-order valence-corrected chi connectivity index (χ1v) is 7.79. The summed E-state index contributed by atoms with van der Waals surface area (Å²) in [5, 5.41) is 0.733. The largest absolute Gasteiger partial charge is 0.354 e. The molecule has 1 aliphatic rings. The quantitative estimate of drug-likeness (QED) is 0.512. The van der Waals surface area contributed by atoms with Crippen LogP contribution in [0.25, 0.3) is 0 Å². The van der Waals surface area contributed by atoms with E-state index in [1.54, 1.807) is 0 Å². The van der Waals surface area contributed by atoms with E-state index in [1.165, 1.54) is 5.56 Å². The van der Waals surface area contributed by atoms with Gasteiger partial charge in [0.15, 0.2) is 0 Å². The number of nitrogens with zero attached hydrogens (tertiary/aromatic N) is 1. The number of benzene rings is 1. The minimum Gasteiger partial charge on any atom is -0.354 e. The third-order valence-electron chi connectivity index (χ3n) is 4.38. The second-order valence-corrected chi connectivity index (χ2v) is 6.86. The van der Waals surface area contributed by atoms with Crippen LogP contribution in [0.2, 0.25) is 5.02 Å². The number of fused-ring (bicyclic) bond motifs is 1. The van der Waals surface area contributed by atoms with Crippen molar-refractivity contribution in [2.45, 2.75) is 58.0 Å². The molecule has 0 saturated carbocycles. The fourth-order valence-electron chi connectivity index (χ4n) is 3.59. The van der Waals surface area contributed by atoms with E-state index in [0.717, 1.165) is 17.1 Å². The zero-order chi connectivity index (χ0) is 15.8. The lowest BCUT2D eigenvalue weighted by molar-refractivity contribution is -0.122. The number of nitrogens with two attached hydrogens (primary N) is 1. The normalized spacial score (nSPS) is 21.6. The van der Waals surface area contributed by atoms with Crippen molar-refractivity contribution in [1.82, 2.24) is 5.43 Å². The first kappa shape index (κ1) is 16.1. The van der Waals surface area contributed by atoms with Gasteiger partial charge in [0.25, 0.3) is 5.91 Å². The maximum absolute atomic E-state index is 12.2. The molecule has 0 aliphatic carbocycles. The molecule has 1 aromatic rings. The van der Waals surface area contributed by atoms with Gasteiger partial charge in [0.05, 0.1) is 0 Å². The second-order valence-electron chi connectivity index (χ2n) is 6.42. The number of hydrazine groups is 1. The van der Waals surface area contributed by atoms with Crippen LogP contribution in [0.4, 0.5) is 5.69 Å². The number of anilines is 1. The van der Waals surface area contributed by atoms with E-state index in [1.807, 2.05) is 25.1 Å². The molecule has 4 nitrogen and oxygen atoms in total. The highest BCUT2D eigenvalue weighted by molar-refractivity contribution is 6.30. The van der Waals surface area contributed by atoms with Gasteiger partial charge >= 0.3 is 0 Å². The Kier molecular flexibility index (Phi) is 4.49. The van der Waals surface area contributed by atoms with Crippen LogP contribution >= 0.6 is 11.6 Å². The minimum atomic E-state index is -0.280. The first-order valence-electron chi connectivity index (χ1n) is 7.41. The van der Waals surface area contributed by atoms with Gasteiger partial charge < -0.3 is 4.90 Å². The van der Waals surface area contributed by atoms with E-state index in [4.69, 9.17) is 17.4 Å². The number of halogens is 1. The van der Waals surface area contributed by atoms with Crippen molar-refractivity contribution in [1.29, 1.82) is 0 Å². The number of nitrogens with one attached hydrogen (secondary N) is 1. The Morgan fingerprint density at radius 1 is 1.57 bits per heavy atom. The van der Waals surface area contributed by atoms with Crippen LogP contribution in [0.15, 0.2) is 18.2 Å². The molecule has 2 unspecified atom stereocenters. The molecule has 0 fully saturated rings. The van der Waals surface area contributed by atoms with E-state index in [-0.39, 0.29) is 17.5 Å². The summed E-state index contributed by atoms with van der Waals surface area (Å²) in [7, 11) is 0. The highest BCUT2D eigenvalue weighted by atomic mass is 35.5. The van der Waals surface area contributed by atoms with Crippen molar-refractivity contribution in [3.05, 3.63) is 28.8 Å². The lowest BCUT2D eigenvalue weighted by Crippen LogP contribution is -2.59. The molecular weight excluding hydrogens is 286 g/mol. The minimum absolute atomic E-state index is 0.118. The Labute approximate surface area is 131 Å². The van der Waals surface area contributed by atoms with E-state index >= 15 is 0 Å². The lowest BCUT2D eigenvalue weighted by atomic mass is 9.79. The van der Waals surface area contributed by atoms with Gasteiger partial charge in [0.1, 0.15) is 6.04 Å². The molecule has 1 heterocycles. The van der Waals surface area contributed by atoms with Crippen LogP contribution in [0.3, 0.4) is 0 Å². The van der Waals surface area contributed by atoms with Gasteiger partial charge in [-0.05, 0) is 56.4 Å². The zero-order valence-electron chi connectivity index (χ0n) is 13.1. The SMILES string of the molecule is CCC(C(=O)NN)N1c2ccc(Cl)cc2C(C)CC1(C)C. The van der Waals surface area contributed by atoms with Crippen molar-refractivity contribution in [3.63, 3.8) is 0 Å². The summed E-state index contributed by atoms with van der Waals surface area (Å²) < 4.78 is 0. The van der Waals surface area contributed by atoms with Crippen molar-refractivity contribution in [3.8, 4) is 0 Å². The monoisotopic (exact) mass is 309 g/mol. The van der Waals surface area contributed by atoms with E-state index in [0.29, 0.717) is 12.3 Å².